The highest BCUT2D eigenvalue weighted by Gasteiger charge is 2.41. The molecule has 0 atom stereocenters. The zero-order valence-electron chi connectivity index (χ0n) is 9.96. The Morgan fingerprint density at radius 2 is 1.82 bits per heavy atom. The topological polar surface area (TPSA) is 66.9 Å². The summed E-state index contributed by atoms with van der Waals surface area (Å²) < 4.78 is 30.3. The van der Waals surface area contributed by atoms with Crippen molar-refractivity contribution < 1.29 is 17.9 Å². The molecule has 0 spiro atoms. The Morgan fingerprint density at radius 3 is 2.29 bits per heavy atom. The van der Waals surface area contributed by atoms with Gasteiger partial charge in [0.1, 0.15) is 0 Å². The summed E-state index contributed by atoms with van der Waals surface area (Å²) in [6, 6.07) is 0. The van der Waals surface area contributed by atoms with Gasteiger partial charge in [-0.2, -0.15) is 4.31 Å². The van der Waals surface area contributed by atoms with Crippen LogP contribution in [-0.4, -0.2) is 61.8 Å². The van der Waals surface area contributed by atoms with Crippen LogP contribution in [0.15, 0.2) is 0 Å². The van der Waals surface area contributed by atoms with Crippen molar-refractivity contribution in [1.29, 1.82) is 0 Å². The third kappa shape index (κ3) is 2.71. The molecule has 1 saturated heterocycles. The summed E-state index contributed by atoms with van der Waals surface area (Å²) in [5.74, 6) is 0. The smallest absolute Gasteiger partial charge is 0.409 e. The van der Waals surface area contributed by atoms with Crippen molar-refractivity contribution in [1.82, 2.24) is 9.21 Å². The molecule has 0 N–H and O–H groups in total. The van der Waals surface area contributed by atoms with Crippen LogP contribution in [-0.2, 0) is 14.8 Å². The van der Waals surface area contributed by atoms with Crippen LogP contribution in [0.4, 0.5) is 4.79 Å². The van der Waals surface area contributed by atoms with E-state index in [0.29, 0.717) is 32.8 Å². The molecule has 98 valence electrons. The number of sulfonamides is 1. The molecule has 2 fully saturated rings. The fraction of sp³-hybridized carbons (Fsp3) is 0.900. The van der Waals surface area contributed by atoms with E-state index in [1.807, 2.05) is 0 Å². The number of hydrogen-bond donors (Lipinski definition) is 0. The van der Waals surface area contributed by atoms with Crippen LogP contribution in [0.2, 0.25) is 0 Å². The molecule has 0 aromatic carbocycles. The molecule has 1 amide bonds. The van der Waals surface area contributed by atoms with E-state index in [4.69, 9.17) is 4.74 Å². The third-order valence-corrected chi connectivity index (χ3v) is 5.47. The van der Waals surface area contributed by atoms with Gasteiger partial charge in [0.15, 0.2) is 0 Å². The Kier molecular flexibility index (Phi) is 3.58. The minimum absolute atomic E-state index is 0.170. The molecule has 17 heavy (non-hydrogen) atoms. The Morgan fingerprint density at radius 1 is 1.24 bits per heavy atom. The molecule has 0 unspecified atom stereocenters. The zero-order valence-corrected chi connectivity index (χ0v) is 10.8. The van der Waals surface area contributed by atoms with E-state index in [-0.39, 0.29) is 11.3 Å². The summed E-state index contributed by atoms with van der Waals surface area (Å²) in [6.45, 7) is 3.72. The predicted octanol–water partition coefficient (Wildman–Crippen LogP) is 0.253. The van der Waals surface area contributed by atoms with Gasteiger partial charge in [-0.3, -0.25) is 0 Å². The van der Waals surface area contributed by atoms with Crippen molar-refractivity contribution in [3.63, 3.8) is 0 Å². The molecule has 1 aliphatic carbocycles. The molecule has 1 heterocycles. The molecule has 0 radical (unpaired) electrons. The van der Waals surface area contributed by atoms with E-state index >= 15 is 0 Å². The lowest BCUT2D eigenvalue weighted by Gasteiger charge is -2.33. The highest BCUT2D eigenvalue weighted by Crippen LogP contribution is 2.31. The van der Waals surface area contributed by atoms with Gasteiger partial charge < -0.3 is 9.64 Å². The third-order valence-electron chi connectivity index (χ3n) is 3.07. The van der Waals surface area contributed by atoms with Crippen LogP contribution < -0.4 is 0 Å². The van der Waals surface area contributed by atoms with Gasteiger partial charge in [-0.1, -0.05) is 0 Å². The molecule has 7 heteroatoms. The van der Waals surface area contributed by atoms with Crippen LogP contribution >= 0.6 is 0 Å². The molecule has 0 aromatic heterocycles. The van der Waals surface area contributed by atoms with Gasteiger partial charge in [0.05, 0.1) is 11.9 Å². The van der Waals surface area contributed by atoms with Gasteiger partial charge in [0.25, 0.3) is 0 Å². The van der Waals surface area contributed by atoms with Crippen molar-refractivity contribution in [2.45, 2.75) is 25.0 Å². The van der Waals surface area contributed by atoms with E-state index in [0.717, 1.165) is 12.8 Å². The maximum absolute atomic E-state index is 11.9. The monoisotopic (exact) mass is 262 g/mol. The van der Waals surface area contributed by atoms with E-state index in [2.05, 4.69) is 0 Å². The van der Waals surface area contributed by atoms with Gasteiger partial charge in [0, 0.05) is 26.2 Å². The number of piperazine rings is 1. The Bertz CT molecular complexity index is 383. The van der Waals surface area contributed by atoms with Crippen molar-refractivity contribution in [3.05, 3.63) is 0 Å². The molecule has 1 saturated carbocycles. The lowest BCUT2D eigenvalue weighted by Crippen LogP contribution is -2.51. The first-order valence-corrected chi connectivity index (χ1v) is 7.46. The number of rotatable bonds is 3. The quantitative estimate of drug-likeness (QED) is 0.731. The Labute approximate surface area is 102 Å². The van der Waals surface area contributed by atoms with E-state index in [9.17, 15) is 13.2 Å². The van der Waals surface area contributed by atoms with Crippen molar-refractivity contribution in [2.75, 3.05) is 32.8 Å². The van der Waals surface area contributed by atoms with Crippen molar-refractivity contribution >= 4 is 16.1 Å². The van der Waals surface area contributed by atoms with Crippen LogP contribution in [0.25, 0.3) is 0 Å². The fourth-order valence-corrected chi connectivity index (χ4v) is 3.74. The van der Waals surface area contributed by atoms with Gasteiger partial charge in [-0.15, -0.1) is 0 Å². The Hall–Kier alpha value is -0.820. The van der Waals surface area contributed by atoms with Crippen LogP contribution in [0.3, 0.4) is 0 Å². The summed E-state index contributed by atoms with van der Waals surface area (Å²) in [6.07, 6.45) is 1.21. The fourth-order valence-electron chi connectivity index (χ4n) is 1.92. The lowest BCUT2D eigenvalue weighted by molar-refractivity contribution is 0.0934. The lowest BCUT2D eigenvalue weighted by atomic mass is 10.4. The number of carbonyl (C=O) groups excluding carboxylic acids is 1. The number of nitrogens with zero attached hydrogens (tertiary/aromatic N) is 2. The average molecular weight is 262 g/mol. The molecular weight excluding hydrogens is 244 g/mol. The number of ether oxygens (including phenoxy) is 1. The summed E-state index contributed by atoms with van der Waals surface area (Å²) in [5, 5.41) is -0.170. The van der Waals surface area contributed by atoms with E-state index < -0.39 is 10.0 Å². The van der Waals surface area contributed by atoms with Crippen molar-refractivity contribution in [2.24, 2.45) is 0 Å². The van der Waals surface area contributed by atoms with Gasteiger partial charge in [-0.25, -0.2) is 13.2 Å². The second-order valence-electron chi connectivity index (χ2n) is 4.33. The second-order valence-corrected chi connectivity index (χ2v) is 6.54. The highest BCUT2D eigenvalue weighted by molar-refractivity contribution is 7.90. The van der Waals surface area contributed by atoms with Crippen LogP contribution in [0.5, 0.6) is 0 Å². The standard InChI is InChI=1S/C10H18N2O4S/c1-2-16-10(13)11-5-7-12(8-6-11)17(14,15)9-3-4-9/h9H,2-8H2,1H3. The maximum Gasteiger partial charge on any atom is 0.409 e. The maximum atomic E-state index is 11.9. The predicted molar refractivity (Wildman–Crippen MR) is 62.1 cm³/mol. The second kappa shape index (κ2) is 4.81. The first-order valence-electron chi connectivity index (χ1n) is 5.96. The highest BCUT2D eigenvalue weighted by atomic mass is 32.2. The normalized spacial score (nSPS) is 22.5. The molecule has 1 aliphatic heterocycles. The molecule has 0 aromatic rings. The Balaban J connectivity index is 1.87. The molecular formula is C10H18N2O4S. The summed E-state index contributed by atoms with van der Waals surface area (Å²) in [5.41, 5.74) is 0. The van der Waals surface area contributed by atoms with Crippen molar-refractivity contribution in [3.8, 4) is 0 Å². The largest absolute Gasteiger partial charge is 0.450 e. The van der Waals surface area contributed by atoms with E-state index in [1.54, 1.807) is 11.8 Å². The SMILES string of the molecule is CCOC(=O)N1CCN(S(=O)(=O)C2CC2)CC1. The van der Waals surface area contributed by atoms with Crippen LogP contribution in [0.1, 0.15) is 19.8 Å². The average Bonchev–Trinajstić information content (AvgIpc) is 3.13. The van der Waals surface area contributed by atoms with Gasteiger partial charge in [-0.05, 0) is 19.8 Å². The summed E-state index contributed by atoms with van der Waals surface area (Å²) in [7, 11) is -3.10. The molecule has 0 bridgehead atoms. The number of carbonyl (C=O) groups is 1. The van der Waals surface area contributed by atoms with Gasteiger partial charge in [0.2, 0.25) is 10.0 Å². The molecule has 6 nitrogen and oxygen atoms in total. The zero-order chi connectivity index (χ0) is 12.5. The first kappa shape index (κ1) is 12.6. The van der Waals surface area contributed by atoms with Gasteiger partial charge >= 0.3 is 6.09 Å². The minimum Gasteiger partial charge on any atom is -0.450 e. The van der Waals surface area contributed by atoms with E-state index in [1.165, 1.54) is 4.31 Å². The summed E-state index contributed by atoms with van der Waals surface area (Å²) >= 11 is 0. The molecule has 2 rings (SSSR count). The first-order chi connectivity index (χ1) is 8.05. The minimum atomic E-state index is -3.10. The van der Waals surface area contributed by atoms with Crippen LogP contribution in [0, 0.1) is 0 Å². The number of hydrogen-bond acceptors (Lipinski definition) is 4. The summed E-state index contributed by atoms with van der Waals surface area (Å²) in [4.78, 5) is 13.0. The molecule has 2 aliphatic rings. The number of amides is 1.